The molecule has 1 aliphatic rings. The number of imidazole rings is 1. The van der Waals surface area contributed by atoms with E-state index in [2.05, 4.69) is 20.3 Å². The van der Waals surface area contributed by atoms with Gasteiger partial charge >= 0.3 is 0 Å². The number of fused-ring (bicyclic) bond motifs is 1. The largest absolute Gasteiger partial charge is 0.394 e. The molecule has 0 bridgehead atoms. The Kier molecular flexibility index (Phi) is 5.01. The minimum atomic E-state index is -1.00. The molecular formula is C18H19N5O5. The van der Waals surface area contributed by atoms with Gasteiger partial charge in [0.05, 0.1) is 12.9 Å². The number of nitrogens with one attached hydrogen (secondary N) is 1. The minimum absolute atomic E-state index is 0.254. The fraction of sp³-hybridized carbons (Fsp3) is 0.333. The number of hydrogen-bond acceptors (Lipinski definition) is 8. The van der Waals surface area contributed by atoms with Gasteiger partial charge in [-0.15, -0.1) is 0 Å². The Morgan fingerprint density at radius 2 is 2.07 bits per heavy atom. The number of rotatable bonds is 5. The zero-order valence-corrected chi connectivity index (χ0v) is 15.0. The molecule has 4 atom stereocenters. The summed E-state index contributed by atoms with van der Waals surface area (Å²) < 4.78 is 12.7. The highest BCUT2D eigenvalue weighted by atomic mass is 16.6. The lowest BCUT2D eigenvalue weighted by Crippen LogP contribution is -2.34. The summed E-state index contributed by atoms with van der Waals surface area (Å²) in [5.74, 6) is -0.0679. The highest BCUT2D eigenvalue weighted by molar-refractivity contribution is 6.06. The first-order valence-corrected chi connectivity index (χ1v) is 8.65. The second-order valence-corrected chi connectivity index (χ2v) is 6.31. The maximum absolute atomic E-state index is 12.4. The fourth-order valence-electron chi connectivity index (χ4n) is 3.25. The molecule has 28 heavy (non-hydrogen) atoms. The predicted octanol–water partition coefficient (Wildman–Crippen LogP) is 0.344. The molecule has 1 unspecified atom stereocenters. The van der Waals surface area contributed by atoms with E-state index in [1.807, 2.05) is 6.07 Å². The third-order valence-electron chi connectivity index (χ3n) is 4.67. The monoisotopic (exact) mass is 385 g/mol. The molecule has 2 aromatic heterocycles. The quantitative estimate of drug-likeness (QED) is 0.573. The number of benzene rings is 1. The van der Waals surface area contributed by atoms with Gasteiger partial charge in [0.2, 0.25) is 0 Å². The summed E-state index contributed by atoms with van der Waals surface area (Å²) in [6.07, 6.45) is -0.469. The average Bonchev–Trinajstić information content (AvgIpc) is 3.29. The number of ether oxygens (including phenoxy) is 2. The Morgan fingerprint density at radius 3 is 2.79 bits per heavy atom. The molecule has 0 spiro atoms. The fourth-order valence-corrected chi connectivity index (χ4v) is 3.25. The Hall–Kier alpha value is -2.92. The van der Waals surface area contributed by atoms with E-state index >= 15 is 0 Å². The average molecular weight is 385 g/mol. The Bertz CT molecular complexity index is 979. The van der Waals surface area contributed by atoms with Crippen LogP contribution in [0.3, 0.4) is 0 Å². The normalized spacial score (nSPS) is 24.5. The zero-order chi connectivity index (χ0) is 19.7. The van der Waals surface area contributed by atoms with E-state index < -0.39 is 24.5 Å². The van der Waals surface area contributed by atoms with Gasteiger partial charge < -0.3 is 25.0 Å². The van der Waals surface area contributed by atoms with Crippen LogP contribution in [-0.2, 0) is 9.47 Å². The summed E-state index contributed by atoms with van der Waals surface area (Å²) in [6, 6.07) is 8.74. The van der Waals surface area contributed by atoms with Crippen LogP contribution < -0.4 is 5.32 Å². The number of hydrogen-bond donors (Lipinski definition) is 3. The number of aliphatic hydroxyl groups is 2. The number of carbonyl (C=O) groups excluding carboxylic acids is 1. The van der Waals surface area contributed by atoms with E-state index in [0.29, 0.717) is 16.7 Å². The number of aromatic nitrogens is 4. The second-order valence-electron chi connectivity index (χ2n) is 6.31. The molecule has 10 heteroatoms. The smallest absolute Gasteiger partial charge is 0.256 e. The van der Waals surface area contributed by atoms with Crippen LogP contribution in [0.5, 0.6) is 0 Å². The Morgan fingerprint density at radius 1 is 1.29 bits per heavy atom. The summed E-state index contributed by atoms with van der Waals surface area (Å²) in [7, 11) is 1.45. The topological polar surface area (TPSA) is 132 Å². The van der Waals surface area contributed by atoms with Crippen molar-refractivity contribution in [2.24, 2.45) is 0 Å². The SMILES string of the molecule is CO[C@H]1C(O)[C@@H](CO)O[C@H]1n1cnc2c(NC(=O)c3ccccc3)ncnc21. The molecule has 0 radical (unpaired) electrons. The van der Waals surface area contributed by atoms with Gasteiger partial charge in [-0.3, -0.25) is 9.36 Å². The van der Waals surface area contributed by atoms with Gasteiger partial charge in [0.25, 0.3) is 5.91 Å². The Balaban J connectivity index is 1.66. The van der Waals surface area contributed by atoms with E-state index in [1.54, 1.807) is 28.8 Å². The van der Waals surface area contributed by atoms with E-state index in [9.17, 15) is 15.0 Å². The van der Waals surface area contributed by atoms with E-state index in [4.69, 9.17) is 9.47 Å². The summed E-state index contributed by atoms with van der Waals surface area (Å²) in [5.41, 5.74) is 1.25. The predicted molar refractivity (Wildman–Crippen MR) is 97.5 cm³/mol. The molecule has 3 heterocycles. The molecule has 1 aliphatic heterocycles. The van der Waals surface area contributed by atoms with E-state index in [1.165, 1.54) is 19.8 Å². The Labute approximate surface area is 159 Å². The third-order valence-corrected chi connectivity index (χ3v) is 4.67. The highest BCUT2D eigenvalue weighted by Gasteiger charge is 2.45. The van der Waals surface area contributed by atoms with Crippen LogP contribution in [0.2, 0.25) is 0 Å². The van der Waals surface area contributed by atoms with Crippen LogP contribution >= 0.6 is 0 Å². The molecule has 0 saturated carbocycles. The van der Waals surface area contributed by atoms with Crippen LogP contribution in [0.15, 0.2) is 43.0 Å². The van der Waals surface area contributed by atoms with E-state index in [-0.39, 0.29) is 18.3 Å². The number of anilines is 1. The number of carbonyl (C=O) groups is 1. The van der Waals surface area contributed by atoms with Crippen molar-refractivity contribution < 1.29 is 24.5 Å². The summed E-state index contributed by atoms with van der Waals surface area (Å²) in [6.45, 7) is -0.350. The third kappa shape index (κ3) is 3.12. The van der Waals surface area contributed by atoms with Crippen molar-refractivity contribution in [2.75, 3.05) is 19.0 Å². The van der Waals surface area contributed by atoms with Gasteiger partial charge in [-0.2, -0.15) is 0 Å². The molecule has 146 valence electrons. The summed E-state index contributed by atoms with van der Waals surface area (Å²) in [5, 5.41) is 22.4. The zero-order valence-electron chi connectivity index (χ0n) is 15.0. The van der Waals surface area contributed by atoms with Crippen molar-refractivity contribution in [1.29, 1.82) is 0 Å². The molecule has 10 nitrogen and oxygen atoms in total. The number of methoxy groups -OCH3 is 1. The van der Waals surface area contributed by atoms with Crippen LogP contribution in [0, 0.1) is 0 Å². The minimum Gasteiger partial charge on any atom is -0.394 e. The standard InChI is InChI=1S/C18H19N5O5/c1-27-14-13(25)11(7-24)28-18(14)23-9-21-12-15(19-8-20-16(12)23)22-17(26)10-5-3-2-4-6-10/h2-6,8-9,11,13-14,18,24-25H,7H2,1H3,(H,19,20,22,26)/t11-,13?,14+,18-/m1/s1. The van der Waals surface area contributed by atoms with Gasteiger partial charge in [-0.25, -0.2) is 15.0 Å². The number of aliphatic hydroxyl groups excluding tert-OH is 2. The van der Waals surface area contributed by atoms with Crippen LogP contribution in [0.4, 0.5) is 5.82 Å². The van der Waals surface area contributed by atoms with Crippen molar-refractivity contribution in [3.63, 3.8) is 0 Å². The molecule has 4 rings (SSSR count). The van der Waals surface area contributed by atoms with Crippen molar-refractivity contribution in [3.8, 4) is 0 Å². The summed E-state index contributed by atoms with van der Waals surface area (Å²) in [4.78, 5) is 25.1. The van der Waals surface area contributed by atoms with Gasteiger partial charge in [0.15, 0.2) is 23.2 Å². The van der Waals surface area contributed by atoms with Crippen molar-refractivity contribution in [2.45, 2.75) is 24.5 Å². The van der Waals surface area contributed by atoms with Gasteiger partial charge in [0.1, 0.15) is 24.6 Å². The van der Waals surface area contributed by atoms with Gasteiger partial charge in [-0.1, -0.05) is 18.2 Å². The maximum atomic E-state index is 12.4. The first-order valence-electron chi connectivity index (χ1n) is 8.65. The molecule has 1 aromatic carbocycles. The van der Waals surface area contributed by atoms with Crippen LogP contribution in [0.1, 0.15) is 16.6 Å². The van der Waals surface area contributed by atoms with E-state index in [0.717, 1.165) is 0 Å². The van der Waals surface area contributed by atoms with Crippen molar-refractivity contribution in [1.82, 2.24) is 19.5 Å². The molecule has 3 aromatic rings. The van der Waals surface area contributed by atoms with Gasteiger partial charge in [-0.05, 0) is 12.1 Å². The molecule has 1 amide bonds. The molecule has 3 N–H and O–H groups in total. The lowest BCUT2D eigenvalue weighted by atomic mass is 10.1. The lowest BCUT2D eigenvalue weighted by molar-refractivity contribution is -0.0583. The first kappa shape index (κ1) is 18.4. The number of nitrogens with zero attached hydrogens (tertiary/aromatic N) is 4. The van der Waals surface area contributed by atoms with Crippen LogP contribution in [-0.4, -0.2) is 67.7 Å². The highest BCUT2D eigenvalue weighted by Crippen LogP contribution is 2.33. The summed E-state index contributed by atoms with van der Waals surface area (Å²) >= 11 is 0. The molecule has 0 aliphatic carbocycles. The molecule has 1 fully saturated rings. The van der Waals surface area contributed by atoms with Gasteiger partial charge in [0, 0.05) is 12.7 Å². The van der Waals surface area contributed by atoms with Crippen LogP contribution in [0.25, 0.3) is 11.2 Å². The lowest BCUT2D eigenvalue weighted by Gasteiger charge is -2.19. The van der Waals surface area contributed by atoms with Crippen molar-refractivity contribution >= 4 is 22.9 Å². The maximum Gasteiger partial charge on any atom is 0.256 e. The molecular weight excluding hydrogens is 366 g/mol. The molecule has 1 saturated heterocycles. The van der Waals surface area contributed by atoms with Crippen molar-refractivity contribution in [3.05, 3.63) is 48.5 Å². The second kappa shape index (κ2) is 7.60. The first-order chi connectivity index (χ1) is 13.6. The number of amides is 1.